The molecule has 0 bridgehead atoms. The minimum atomic E-state index is -0.358. The predicted octanol–water partition coefficient (Wildman–Crippen LogP) is 3.11. The average molecular weight is 264 g/mol. The summed E-state index contributed by atoms with van der Waals surface area (Å²) in [5.41, 5.74) is 2.39. The van der Waals surface area contributed by atoms with Crippen molar-refractivity contribution in [2.24, 2.45) is 0 Å². The van der Waals surface area contributed by atoms with Gasteiger partial charge in [0.1, 0.15) is 6.04 Å². The molecule has 2 N–H and O–H groups in total. The van der Waals surface area contributed by atoms with Crippen LogP contribution in [0.2, 0.25) is 0 Å². The summed E-state index contributed by atoms with van der Waals surface area (Å²) in [6.07, 6.45) is 5.35. The maximum atomic E-state index is 12.1. The lowest BCUT2D eigenvalue weighted by Gasteiger charge is -2.15. The standard InChI is InChI=1S/C17H16N2O/c1-3-14-8-7-11-16(12-14)18-13(2)17(20)19-15-9-5-4-6-10-15/h1,4-13,18H,2H3,(H,19,20). The molecule has 100 valence electrons. The summed E-state index contributed by atoms with van der Waals surface area (Å²) < 4.78 is 0. The number of para-hydroxylation sites is 1. The van der Waals surface area contributed by atoms with Gasteiger partial charge in [-0.15, -0.1) is 6.42 Å². The van der Waals surface area contributed by atoms with Crippen LogP contribution < -0.4 is 10.6 Å². The first-order valence-electron chi connectivity index (χ1n) is 6.38. The average Bonchev–Trinajstić information content (AvgIpc) is 2.48. The Balaban J connectivity index is 1.99. The third kappa shape index (κ3) is 3.63. The number of rotatable bonds is 4. The van der Waals surface area contributed by atoms with E-state index in [9.17, 15) is 4.79 Å². The van der Waals surface area contributed by atoms with Crippen molar-refractivity contribution in [1.82, 2.24) is 0 Å². The molecule has 2 aromatic carbocycles. The Bertz CT molecular complexity index is 629. The first-order valence-corrected chi connectivity index (χ1v) is 6.38. The normalized spacial score (nSPS) is 11.2. The summed E-state index contributed by atoms with van der Waals surface area (Å²) in [6, 6.07) is 16.4. The third-order valence-corrected chi connectivity index (χ3v) is 2.85. The van der Waals surface area contributed by atoms with Crippen LogP contribution in [0.1, 0.15) is 12.5 Å². The van der Waals surface area contributed by atoms with Gasteiger partial charge in [-0.3, -0.25) is 4.79 Å². The van der Waals surface area contributed by atoms with E-state index < -0.39 is 0 Å². The van der Waals surface area contributed by atoms with Crippen molar-refractivity contribution in [3.8, 4) is 12.3 Å². The SMILES string of the molecule is C#Cc1cccc(NC(C)C(=O)Nc2ccccc2)c1. The van der Waals surface area contributed by atoms with Crippen LogP contribution >= 0.6 is 0 Å². The second kappa shape index (κ2) is 6.44. The summed E-state index contributed by atoms with van der Waals surface area (Å²) in [6.45, 7) is 1.81. The molecule has 0 aromatic heterocycles. The number of benzene rings is 2. The lowest BCUT2D eigenvalue weighted by Crippen LogP contribution is -2.31. The zero-order chi connectivity index (χ0) is 14.4. The molecule has 20 heavy (non-hydrogen) atoms. The summed E-state index contributed by atoms with van der Waals surface area (Å²) in [5, 5.41) is 5.98. The number of carbonyl (C=O) groups excluding carboxylic acids is 1. The molecule has 2 rings (SSSR count). The molecule has 0 saturated heterocycles. The molecule has 0 spiro atoms. The number of nitrogens with one attached hydrogen (secondary N) is 2. The van der Waals surface area contributed by atoms with Crippen LogP contribution in [0.25, 0.3) is 0 Å². The van der Waals surface area contributed by atoms with Crippen LogP contribution in [0, 0.1) is 12.3 Å². The van der Waals surface area contributed by atoms with E-state index in [2.05, 4.69) is 16.6 Å². The largest absolute Gasteiger partial charge is 0.374 e. The Hall–Kier alpha value is -2.73. The van der Waals surface area contributed by atoms with Crippen molar-refractivity contribution in [3.05, 3.63) is 60.2 Å². The number of hydrogen-bond donors (Lipinski definition) is 2. The Kier molecular flexibility index (Phi) is 4.41. The molecule has 0 radical (unpaired) electrons. The summed E-state index contributed by atoms with van der Waals surface area (Å²) in [5.74, 6) is 2.47. The summed E-state index contributed by atoms with van der Waals surface area (Å²) >= 11 is 0. The van der Waals surface area contributed by atoms with E-state index in [0.29, 0.717) is 0 Å². The lowest BCUT2D eigenvalue weighted by atomic mass is 10.2. The van der Waals surface area contributed by atoms with E-state index in [1.165, 1.54) is 0 Å². The Morgan fingerprint density at radius 2 is 1.80 bits per heavy atom. The molecule has 2 aromatic rings. The third-order valence-electron chi connectivity index (χ3n) is 2.85. The monoisotopic (exact) mass is 264 g/mol. The highest BCUT2D eigenvalue weighted by Gasteiger charge is 2.12. The molecule has 0 aliphatic heterocycles. The van der Waals surface area contributed by atoms with E-state index >= 15 is 0 Å². The highest BCUT2D eigenvalue weighted by atomic mass is 16.2. The molecule has 3 heteroatoms. The highest BCUT2D eigenvalue weighted by molar-refractivity contribution is 5.96. The van der Waals surface area contributed by atoms with Gasteiger partial charge in [0.15, 0.2) is 0 Å². The van der Waals surface area contributed by atoms with Crippen LogP contribution in [-0.2, 0) is 4.79 Å². The molecule has 1 unspecified atom stereocenters. The minimum Gasteiger partial charge on any atom is -0.374 e. The number of anilines is 2. The second-order valence-electron chi connectivity index (χ2n) is 4.45. The molecular formula is C17H16N2O. The van der Waals surface area contributed by atoms with Crippen molar-refractivity contribution in [2.75, 3.05) is 10.6 Å². The van der Waals surface area contributed by atoms with Gasteiger partial charge in [-0.2, -0.15) is 0 Å². The number of hydrogen-bond acceptors (Lipinski definition) is 2. The topological polar surface area (TPSA) is 41.1 Å². The molecule has 0 aliphatic carbocycles. The Morgan fingerprint density at radius 3 is 2.50 bits per heavy atom. The first kappa shape index (κ1) is 13.7. The van der Waals surface area contributed by atoms with E-state index in [4.69, 9.17) is 6.42 Å². The maximum Gasteiger partial charge on any atom is 0.246 e. The Morgan fingerprint density at radius 1 is 1.10 bits per heavy atom. The van der Waals surface area contributed by atoms with E-state index in [1.807, 2.05) is 54.6 Å². The molecule has 1 amide bonds. The van der Waals surface area contributed by atoms with Gasteiger partial charge in [-0.25, -0.2) is 0 Å². The number of amides is 1. The quantitative estimate of drug-likeness (QED) is 0.833. The van der Waals surface area contributed by atoms with Gasteiger partial charge in [-0.05, 0) is 37.3 Å². The van der Waals surface area contributed by atoms with Gasteiger partial charge in [0.2, 0.25) is 5.91 Å². The van der Waals surface area contributed by atoms with E-state index in [0.717, 1.165) is 16.9 Å². The fourth-order valence-corrected chi connectivity index (χ4v) is 1.79. The van der Waals surface area contributed by atoms with Gasteiger partial charge in [0.05, 0.1) is 0 Å². The van der Waals surface area contributed by atoms with Crippen LogP contribution in [-0.4, -0.2) is 11.9 Å². The van der Waals surface area contributed by atoms with Crippen LogP contribution in [0.5, 0.6) is 0 Å². The van der Waals surface area contributed by atoms with Crippen molar-refractivity contribution in [2.45, 2.75) is 13.0 Å². The number of terminal acetylenes is 1. The molecule has 3 nitrogen and oxygen atoms in total. The van der Waals surface area contributed by atoms with Gasteiger partial charge in [0.25, 0.3) is 0 Å². The lowest BCUT2D eigenvalue weighted by molar-refractivity contribution is -0.116. The fraction of sp³-hybridized carbons (Fsp3) is 0.118. The van der Waals surface area contributed by atoms with E-state index in [-0.39, 0.29) is 11.9 Å². The minimum absolute atomic E-state index is 0.0951. The van der Waals surface area contributed by atoms with Crippen LogP contribution in [0.15, 0.2) is 54.6 Å². The number of carbonyl (C=O) groups is 1. The summed E-state index contributed by atoms with van der Waals surface area (Å²) in [4.78, 5) is 12.1. The van der Waals surface area contributed by atoms with Crippen molar-refractivity contribution >= 4 is 17.3 Å². The van der Waals surface area contributed by atoms with Crippen molar-refractivity contribution < 1.29 is 4.79 Å². The molecule has 0 saturated carbocycles. The highest BCUT2D eigenvalue weighted by Crippen LogP contribution is 2.12. The predicted molar refractivity (Wildman–Crippen MR) is 82.5 cm³/mol. The zero-order valence-electron chi connectivity index (χ0n) is 11.3. The molecule has 1 atom stereocenters. The zero-order valence-corrected chi connectivity index (χ0v) is 11.3. The molecular weight excluding hydrogens is 248 g/mol. The summed E-state index contributed by atoms with van der Waals surface area (Å²) in [7, 11) is 0. The molecule has 0 aliphatic rings. The fourth-order valence-electron chi connectivity index (χ4n) is 1.79. The van der Waals surface area contributed by atoms with Gasteiger partial charge < -0.3 is 10.6 Å². The van der Waals surface area contributed by atoms with Crippen LogP contribution in [0.3, 0.4) is 0 Å². The van der Waals surface area contributed by atoms with Crippen molar-refractivity contribution in [3.63, 3.8) is 0 Å². The molecule has 0 heterocycles. The Labute approximate surface area is 119 Å². The van der Waals surface area contributed by atoms with Gasteiger partial charge >= 0.3 is 0 Å². The van der Waals surface area contributed by atoms with Crippen molar-refractivity contribution in [1.29, 1.82) is 0 Å². The smallest absolute Gasteiger partial charge is 0.246 e. The van der Waals surface area contributed by atoms with Gasteiger partial charge in [-0.1, -0.05) is 30.2 Å². The second-order valence-corrected chi connectivity index (χ2v) is 4.45. The maximum absolute atomic E-state index is 12.1. The molecule has 0 fully saturated rings. The van der Waals surface area contributed by atoms with Gasteiger partial charge in [0, 0.05) is 16.9 Å². The van der Waals surface area contributed by atoms with Crippen LogP contribution in [0.4, 0.5) is 11.4 Å². The van der Waals surface area contributed by atoms with E-state index in [1.54, 1.807) is 6.92 Å². The first-order chi connectivity index (χ1) is 9.69.